The second-order valence-corrected chi connectivity index (χ2v) is 7.42. The summed E-state index contributed by atoms with van der Waals surface area (Å²) in [6.45, 7) is 1.88. The Morgan fingerprint density at radius 2 is 1.90 bits per heavy atom. The van der Waals surface area contributed by atoms with E-state index in [1.807, 2.05) is 4.90 Å². The van der Waals surface area contributed by atoms with Crippen molar-refractivity contribution in [2.75, 3.05) is 42.6 Å². The van der Waals surface area contributed by atoms with Gasteiger partial charge in [0, 0.05) is 32.2 Å². The normalized spacial score (nSPS) is 19.7. The van der Waals surface area contributed by atoms with E-state index in [1.165, 1.54) is 28.8 Å². The molecule has 2 aromatic rings. The van der Waals surface area contributed by atoms with Gasteiger partial charge < -0.3 is 14.5 Å². The highest BCUT2D eigenvalue weighted by Gasteiger charge is 2.46. The number of halogens is 4. The smallest absolute Gasteiger partial charge is 0.378 e. The lowest BCUT2D eigenvalue weighted by Gasteiger charge is -2.39. The molecule has 0 bridgehead atoms. The summed E-state index contributed by atoms with van der Waals surface area (Å²) in [4.78, 5) is 20.1. The number of hydrogen-bond donors (Lipinski definition) is 0. The van der Waals surface area contributed by atoms with E-state index < -0.39 is 18.0 Å². The highest BCUT2D eigenvalue weighted by Crippen LogP contribution is 2.34. The van der Waals surface area contributed by atoms with Gasteiger partial charge in [0.05, 0.1) is 13.2 Å². The lowest BCUT2D eigenvalue weighted by Crippen LogP contribution is -2.53. The van der Waals surface area contributed by atoms with Crippen LogP contribution in [0.4, 0.5) is 29.3 Å². The van der Waals surface area contributed by atoms with Crippen LogP contribution in [-0.2, 0) is 17.7 Å². The number of anilines is 2. The number of hydrogen-bond acceptors (Lipinski definition) is 5. The molecule has 6 nitrogen and oxygen atoms in total. The number of ether oxygens (including phenoxy) is 1. The first-order valence-corrected chi connectivity index (χ1v) is 9.85. The van der Waals surface area contributed by atoms with E-state index in [2.05, 4.69) is 4.98 Å². The van der Waals surface area contributed by atoms with E-state index in [1.54, 1.807) is 6.07 Å². The predicted molar refractivity (Wildman–Crippen MR) is 103 cm³/mol. The highest BCUT2D eigenvalue weighted by atomic mass is 19.4. The standard InChI is InChI=1S/C20H22F4N4O2/c21-15-3-1-2-14(12-15)4-6-27-16(20(22,23)24)5-7-28-18(29)13-17(25-19(27)28)26-8-10-30-11-9-26/h1-3,12-13,16H,4-11H2. The van der Waals surface area contributed by atoms with Crippen molar-refractivity contribution < 1.29 is 22.3 Å². The van der Waals surface area contributed by atoms with E-state index in [0.29, 0.717) is 37.7 Å². The van der Waals surface area contributed by atoms with Crippen LogP contribution in [0.1, 0.15) is 12.0 Å². The largest absolute Gasteiger partial charge is 0.408 e. The maximum atomic E-state index is 13.8. The minimum atomic E-state index is -4.47. The fourth-order valence-electron chi connectivity index (χ4n) is 3.95. The van der Waals surface area contributed by atoms with Crippen molar-refractivity contribution in [3.05, 3.63) is 52.1 Å². The SMILES string of the molecule is O=c1cc(N2CCOCC2)nc2n1CCC(C(F)(F)F)N2CCc1cccc(F)c1. The lowest BCUT2D eigenvalue weighted by molar-refractivity contribution is -0.152. The zero-order chi connectivity index (χ0) is 21.3. The van der Waals surface area contributed by atoms with Gasteiger partial charge in [-0.1, -0.05) is 12.1 Å². The minimum absolute atomic E-state index is 0.00831. The number of alkyl halides is 3. The molecular formula is C20H22F4N4O2. The fourth-order valence-corrected chi connectivity index (χ4v) is 3.95. The third-order valence-corrected chi connectivity index (χ3v) is 5.48. The van der Waals surface area contributed by atoms with Gasteiger partial charge in [-0.15, -0.1) is 0 Å². The summed E-state index contributed by atoms with van der Waals surface area (Å²) >= 11 is 0. The number of morpholine rings is 1. The van der Waals surface area contributed by atoms with Crippen LogP contribution in [0.5, 0.6) is 0 Å². The van der Waals surface area contributed by atoms with Crippen LogP contribution in [0.2, 0.25) is 0 Å². The van der Waals surface area contributed by atoms with Gasteiger partial charge in [0.2, 0.25) is 5.95 Å². The average Bonchev–Trinajstić information content (AvgIpc) is 2.72. The summed E-state index contributed by atoms with van der Waals surface area (Å²) in [5.41, 5.74) is 0.206. The molecule has 4 rings (SSSR count). The fraction of sp³-hybridized carbons (Fsp3) is 0.500. The van der Waals surface area contributed by atoms with E-state index in [9.17, 15) is 22.4 Å². The van der Waals surface area contributed by atoms with Crippen molar-refractivity contribution in [2.45, 2.75) is 31.6 Å². The molecule has 1 fully saturated rings. The molecule has 0 amide bonds. The van der Waals surface area contributed by atoms with Crippen LogP contribution in [0.15, 0.2) is 35.1 Å². The van der Waals surface area contributed by atoms with E-state index in [0.717, 1.165) is 4.90 Å². The Kier molecular flexibility index (Phi) is 5.68. The number of fused-ring (bicyclic) bond motifs is 1. The van der Waals surface area contributed by atoms with E-state index in [-0.39, 0.29) is 37.4 Å². The molecule has 1 atom stereocenters. The maximum Gasteiger partial charge on any atom is 0.408 e. The van der Waals surface area contributed by atoms with Gasteiger partial charge in [-0.3, -0.25) is 9.36 Å². The average molecular weight is 426 g/mol. The second-order valence-electron chi connectivity index (χ2n) is 7.42. The lowest BCUT2D eigenvalue weighted by atomic mass is 10.1. The summed E-state index contributed by atoms with van der Waals surface area (Å²) in [5.74, 6) is -0.0787. The van der Waals surface area contributed by atoms with E-state index >= 15 is 0 Å². The van der Waals surface area contributed by atoms with Gasteiger partial charge in [-0.25, -0.2) is 4.39 Å². The molecule has 162 valence electrons. The topological polar surface area (TPSA) is 50.6 Å². The number of aromatic nitrogens is 2. The molecule has 0 aliphatic carbocycles. The Hall–Kier alpha value is -2.62. The van der Waals surface area contributed by atoms with Crippen molar-refractivity contribution in [1.29, 1.82) is 0 Å². The first-order valence-electron chi connectivity index (χ1n) is 9.85. The summed E-state index contributed by atoms with van der Waals surface area (Å²) in [6.07, 6.45) is -4.51. The number of benzene rings is 1. The Balaban J connectivity index is 1.69. The van der Waals surface area contributed by atoms with Gasteiger partial charge in [-0.2, -0.15) is 18.2 Å². The predicted octanol–water partition coefficient (Wildman–Crippen LogP) is 2.60. The van der Waals surface area contributed by atoms with Gasteiger partial charge in [-0.05, 0) is 30.5 Å². The summed E-state index contributed by atoms with van der Waals surface area (Å²) < 4.78 is 61.4. The number of rotatable bonds is 4. The first kappa shape index (κ1) is 20.6. The second kappa shape index (κ2) is 8.25. The van der Waals surface area contributed by atoms with Crippen LogP contribution >= 0.6 is 0 Å². The molecule has 2 aliphatic rings. The van der Waals surface area contributed by atoms with E-state index in [4.69, 9.17) is 4.74 Å². The molecule has 1 unspecified atom stereocenters. The molecule has 0 spiro atoms. The molecule has 30 heavy (non-hydrogen) atoms. The van der Waals surface area contributed by atoms with Crippen LogP contribution < -0.4 is 15.4 Å². The molecule has 1 saturated heterocycles. The van der Waals surface area contributed by atoms with Gasteiger partial charge in [0.15, 0.2) is 0 Å². The zero-order valence-corrected chi connectivity index (χ0v) is 16.2. The maximum absolute atomic E-state index is 13.8. The van der Waals surface area contributed by atoms with Crippen LogP contribution in [0, 0.1) is 5.82 Å². The summed E-state index contributed by atoms with van der Waals surface area (Å²) in [6, 6.07) is 5.40. The quantitative estimate of drug-likeness (QED) is 0.704. The van der Waals surface area contributed by atoms with Gasteiger partial charge in [0.1, 0.15) is 17.7 Å². The Labute approximate surface area is 170 Å². The molecule has 0 radical (unpaired) electrons. The van der Waals surface area contributed by atoms with Crippen LogP contribution in [0.3, 0.4) is 0 Å². The van der Waals surface area contributed by atoms with Crippen molar-refractivity contribution in [3.63, 3.8) is 0 Å². The third-order valence-electron chi connectivity index (χ3n) is 5.48. The first-order chi connectivity index (χ1) is 14.3. The molecule has 0 N–H and O–H groups in total. The van der Waals surface area contributed by atoms with Crippen molar-refractivity contribution in [3.8, 4) is 0 Å². The molecular weight excluding hydrogens is 404 g/mol. The highest BCUT2D eigenvalue weighted by molar-refractivity contribution is 5.47. The van der Waals surface area contributed by atoms with Crippen LogP contribution in [-0.4, -0.2) is 54.6 Å². The zero-order valence-electron chi connectivity index (χ0n) is 16.2. The molecule has 1 aromatic carbocycles. The Morgan fingerprint density at radius 3 is 2.60 bits per heavy atom. The van der Waals surface area contributed by atoms with Crippen molar-refractivity contribution in [1.82, 2.24) is 9.55 Å². The minimum Gasteiger partial charge on any atom is -0.378 e. The molecule has 3 heterocycles. The molecule has 2 aliphatic heterocycles. The van der Waals surface area contributed by atoms with Gasteiger partial charge in [0.25, 0.3) is 5.56 Å². The van der Waals surface area contributed by atoms with Crippen molar-refractivity contribution >= 4 is 11.8 Å². The molecule has 1 aromatic heterocycles. The molecule has 0 saturated carbocycles. The Morgan fingerprint density at radius 1 is 1.13 bits per heavy atom. The van der Waals surface area contributed by atoms with Crippen molar-refractivity contribution in [2.24, 2.45) is 0 Å². The summed E-state index contributed by atoms with van der Waals surface area (Å²) in [5, 5.41) is 0. The van der Waals surface area contributed by atoms with Gasteiger partial charge >= 0.3 is 6.18 Å². The monoisotopic (exact) mass is 426 g/mol. The Bertz CT molecular complexity index is 957. The summed E-state index contributed by atoms with van der Waals surface area (Å²) in [7, 11) is 0. The number of nitrogens with zero attached hydrogens (tertiary/aromatic N) is 4. The van der Waals surface area contributed by atoms with Crippen LogP contribution in [0.25, 0.3) is 0 Å². The molecule has 10 heteroatoms. The third kappa shape index (κ3) is 4.28.